The monoisotopic (exact) mass is 326 g/mol. The molecule has 0 rings (SSSR count). The van der Waals surface area contributed by atoms with Gasteiger partial charge in [-0.25, -0.2) is 0 Å². The molecule has 0 radical (unpaired) electrons. The Morgan fingerprint density at radius 2 is 0.818 bits per heavy atom. The third-order valence-corrected chi connectivity index (χ3v) is 3.11. The van der Waals surface area contributed by atoms with Crippen molar-refractivity contribution < 1.29 is 19.8 Å². The topological polar surface area (TPSA) is 74.6 Å². The van der Waals surface area contributed by atoms with Crippen molar-refractivity contribution in [1.29, 1.82) is 0 Å². The number of carbonyl (C=O) groups is 2. The summed E-state index contributed by atoms with van der Waals surface area (Å²) < 4.78 is 0. The van der Waals surface area contributed by atoms with Gasteiger partial charge >= 0.3 is 71.1 Å². The van der Waals surface area contributed by atoms with Crippen LogP contribution in [-0.4, -0.2) is 81.3 Å². The molecule has 0 aliphatic rings. The summed E-state index contributed by atoms with van der Waals surface area (Å²) in [6, 6.07) is 0. The molecule has 0 spiro atoms. The maximum atomic E-state index is 11.9. The Balaban J connectivity index is -0.00000180. The first-order valence-corrected chi connectivity index (χ1v) is 6.40. The van der Waals surface area contributed by atoms with Crippen molar-refractivity contribution in [3.8, 4) is 0 Å². The van der Waals surface area contributed by atoms with E-state index in [9.17, 15) is 19.8 Å². The van der Waals surface area contributed by atoms with Gasteiger partial charge in [0.25, 0.3) is 0 Å². The second-order valence-electron chi connectivity index (χ2n) is 4.35. The van der Waals surface area contributed by atoms with Gasteiger partial charge in [-0.15, -0.1) is 0 Å². The molecule has 0 bridgehead atoms. The Hall–Kier alpha value is -0.1000. The standard InChI is InChI=1S/C16H22O4.2Na.2H/c1-5-9-15(10-6-2,13(17)18)16(11-7-3,12-8-4)14(19)20;;;;/h5-12H,1-4H3,(H,17,18)(H,19,20);;;;. The first-order chi connectivity index (χ1) is 9.38. The van der Waals surface area contributed by atoms with Gasteiger partial charge in [0.2, 0.25) is 0 Å². The van der Waals surface area contributed by atoms with E-state index in [4.69, 9.17) is 0 Å². The molecule has 0 heterocycles. The molecule has 0 saturated heterocycles. The van der Waals surface area contributed by atoms with Gasteiger partial charge in [-0.3, -0.25) is 9.59 Å². The van der Waals surface area contributed by atoms with Gasteiger partial charge in [-0.05, 0) is 27.7 Å². The van der Waals surface area contributed by atoms with Crippen molar-refractivity contribution in [2.75, 3.05) is 0 Å². The molecular weight excluding hydrogens is 302 g/mol. The van der Waals surface area contributed by atoms with E-state index in [2.05, 4.69) is 0 Å². The van der Waals surface area contributed by atoms with Crippen LogP contribution in [0.2, 0.25) is 0 Å². The Morgan fingerprint density at radius 3 is 0.909 bits per heavy atom. The second kappa shape index (κ2) is 12.3. The minimum atomic E-state index is -1.68. The van der Waals surface area contributed by atoms with Crippen molar-refractivity contribution in [3.63, 3.8) is 0 Å². The summed E-state index contributed by atoms with van der Waals surface area (Å²) in [4.78, 5) is 23.7. The minimum absolute atomic E-state index is 0. The number of hydrogen-bond acceptors (Lipinski definition) is 2. The molecule has 22 heavy (non-hydrogen) atoms. The summed E-state index contributed by atoms with van der Waals surface area (Å²) in [5.41, 5.74) is -3.36. The molecule has 0 aromatic carbocycles. The van der Waals surface area contributed by atoms with Crippen LogP contribution in [0.3, 0.4) is 0 Å². The first kappa shape index (κ1) is 26.8. The van der Waals surface area contributed by atoms with Crippen LogP contribution < -0.4 is 0 Å². The fraction of sp³-hybridized carbons (Fsp3) is 0.375. The van der Waals surface area contributed by atoms with Crippen molar-refractivity contribution >= 4 is 71.1 Å². The summed E-state index contributed by atoms with van der Waals surface area (Å²) in [6.07, 6.45) is 11.8. The Bertz CT molecular complexity index is 409. The third-order valence-electron chi connectivity index (χ3n) is 3.11. The first-order valence-electron chi connectivity index (χ1n) is 6.40. The van der Waals surface area contributed by atoms with Gasteiger partial charge in [-0.1, -0.05) is 48.6 Å². The summed E-state index contributed by atoms with van der Waals surface area (Å²) in [7, 11) is 0. The fourth-order valence-corrected chi connectivity index (χ4v) is 2.35. The van der Waals surface area contributed by atoms with E-state index in [1.165, 1.54) is 24.3 Å². The van der Waals surface area contributed by atoms with Crippen LogP contribution >= 0.6 is 0 Å². The van der Waals surface area contributed by atoms with Gasteiger partial charge in [0, 0.05) is 0 Å². The Labute approximate surface area is 176 Å². The number of carboxylic acids is 2. The van der Waals surface area contributed by atoms with Crippen molar-refractivity contribution in [3.05, 3.63) is 48.6 Å². The second-order valence-corrected chi connectivity index (χ2v) is 4.35. The van der Waals surface area contributed by atoms with Crippen molar-refractivity contribution in [1.82, 2.24) is 0 Å². The van der Waals surface area contributed by atoms with E-state index < -0.39 is 22.8 Å². The van der Waals surface area contributed by atoms with Crippen molar-refractivity contribution in [2.24, 2.45) is 10.8 Å². The zero-order valence-corrected chi connectivity index (χ0v) is 12.3. The molecule has 0 amide bonds. The summed E-state index contributed by atoms with van der Waals surface area (Å²) >= 11 is 0. The van der Waals surface area contributed by atoms with Crippen LogP contribution in [0.25, 0.3) is 0 Å². The Kier molecular flexibility index (Phi) is 15.0. The summed E-state index contributed by atoms with van der Waals surface area (Å²) in [5, 5.41) is 19.4. The van der Waals surface area contributed by atoms with Gasteiger partial charge in [0.15, 0.2) is 0 Å². The zero-order valence-electron chi connectivity index (χ0n) is 12.3. The summed E-state index contributed by atoms with van der Waals surface area (Å²) in [5.74, 6) is -2.43. The molecule has 6 heteroatoms. The molecule has 0 saturated carbocycles. The number of aliphatic carboxylic acids is 2. The number of rotatable bonds is 7. The van der Waals surface area contributed by atoms with Gasteiger partial charge in [0.1, 0.15) is 10.8 Å². The Morgan fingerprint density at radius 1 is 0.636 bits per heavy atom. The molecule has 4 nitrogen and oxygen atoms in total. The normalized spacial score (nSPS) is 17.1. The fourth-order valence-electron chi connectivity index (χ4n) is 2.35. The third kappa shape index (κ3) is 5.22. The molecule has 0 fully saturated rings. The molecule has 0 aromatic heterocycles. The predicted molar refractivity (Wildman–Crippen MR) is 93.7 cm³/mol. The van der Waals surface area contributed by atoms with E-state index in [0.717, 1.165) is 0 Å². The molecule has 0 aliphatic carbocycles. The van der Waals surface area contributed by atoms with Gasteiger partial charge in [0.05, 0.1) is 0 Å². The van der Waals surface area contributed by atoms with Crippen LogP contribution in [0.1, 0.15) is 27.7 Å². The van der Waals surface area contributed by atoms with E-state index in [0.29, 0.717) is 0 Å². The predicted octanol–water partition coefficient (Wildman–Crippen LogP) is 2.14. The van der Waals surface area contributed by atoms with E-state index in [1.807, 2.05) is 0 Å². The molecule has 0 unspecified atom stereocenters. The molecule has 0 aliphatic heterocycles. The SMILES string of the molecule is CC=CC(C=CC)(C(=O)O)C(C=CC)(C=CC)C(=O)O.[NaH].[NaH]. The van der Waals surface area contributed by atoms with Crippen molar-refractivity contribution in [2.45, 2.75) is 27.7 Å². The van der Waals surface area contributed by atoms with Gasteiger partial charge < -0.3 is 10.2 Å². The molecule has 0 atom stereocenters. The van der Waals surface area contributed by atoms with E-state index in [-0.39, 0.29) is 59.1 Å². The van der Waals surface area contributed by atoms with Crippen LogP contribution in [-0.2, 0) is 9.59 Å². The zero-order chi connectivity index (χ0) is 15.8. The van der Waals surface area contributed by atoms with Crippen LogP contribution in [0, 0.1) is 10.8 Å². The van der Waals surface area contributed by atoms with Crippen LogP contribution in [0.5, 0.6) is 0 Å². The quantitative estimate of drug-likeness (QED) is 0.555. The van der Waals surface area contributed by atoms with Crippen LogP contribution in [0.4, 0.5) is 0 Å². The summed E-state index contributed by atoms with van der Waals surface area (Å²) in [6.45, 7) is 6.66. The van der Waals surface area contributed by atoms with E-state index >= 15 is 0 Å². The number of carboxylic acid groups (broad SMARTS) is 2. The van der Waals surface area contributed by atoms with E-state index in [1.54, 1.807) is 52.0 Å². The molecule has 0 aromatic rings. The molecule has 2 N–H and O–H groups in total. The number of allylic oxidation sites excluding steroid dienone is 4. The van der Waals surface area contributed by atoms with Gasteiger partial charge in [-0.2, -0.15) is 0 Å². The molecule has 114 valence electrons. The van der Waals surface area contributed by atoms with Crippen LogP contribution in [0.15, 0.2) is 48.6 Å². The number of hydrogen-bond donors (Lipinski definition) is 2. The average molecular weight is 326 g/mol. The maximum absolute atomic E-state index is 11.9. The average Bonchev–Trinajstić information content (AvgIpc) is 2.37. The molecular formula is C16H24Na2O4.